The average Bonchev–Trinajstić information content (AvgIpc) is 2.42. The van der Waals surface area contributed by atoms with E-state index < -0.39 is 17.6 Å². The van der Waals surface area contributed by atoms with Gasteiger partial charge in [-0.05, 0) is 18.2 Å². The lowest BCUT2D eigenvalue weighted by atomic mass is 10.1. The first kappa shape index (κ1) is 15.3. The van der Waals surface area contributed by atoms with Crippen LogP contribution in [0.25, 0.3) is 0 Å². The Morgan fingerprint density at radius 2 is 1.95 bits per heavy atom. The van der Waals surface area contributed by atoms with Crippen molar-refractivity contribution in [2.24, 2.45) is 0 Å². The molecule has 21 heavy (non-hydrogen) atoms. The van der Waals surface area contributed by atoms with E-state index in [0.29, 0.717) is 0 Å². The van der Waals surface area contributed by atoms with Crippen molar-refractivity contribution in [3.63, 3.8) is 0 Å². The summed E-state index contributed by atoms with van der Waals surface area (Å²) in [5.41, 5.74) is -1.37. The van der Waals surface area contributed by atoms with Crippen molar-refractivity contribution in [3.05, 3.63) is 40.8 Å². The molecule has 0 bridgehead atoms. The topological polar surface area (TPSA) is 49.8 Å². The van der Waals surface area contributed by atoms with Crippen molar-refractivity contribution in [1.29, 1.82) is 0 Å². The molecular weight excluding hydrogens is 312 g/mol. The molecule has 1 heterocycles. The van der Waals surface area contributed by atoms with E-state index in [4.69, 9.17) is 11.6 Å². The van der Waals surface area contributed by atoms with Crippen molar-refractivity contribution in [1.82, 2.24) is 9.97 Å². The van der Waals surface area contributed by atoms with Gasteiger partial charge in [0, 0.05) is 12.1 Å². The van der Waals surface area contributed by atoms with Crippen LogP contribution in [0.3, 0.4) is 0 Å². The number of nitrogens with one attached hydrogen (secondary N) is 2. The summed E-state index contributed by atoms with van der Waals surface area (Å²) in [5, 5.41) is 4.79. The maximum absolute atomic E-state index is 13.6. The van der Waals surface area contributed by atoms with E-state index in [1.54, 1.807) is 0 Å². The summed E-state index contributed by atoms with van der Waals surface area (Å²) in [5.74, 6) is -1.18. The van der Waals surface area contributed by atoms with Crippen molar-refractivity contribution in [2.75, 3.05) is 17.7 Å². The molecule has 2 N–H and O–H groups in total. The van der Waals surface area contributed by atoms with Gasteiger partial charge in [0.2, 0.25) is 5.95 Å². The molecule has 0 saturated carbocycles. The van der Waals surface area contributed by atoms with Crippen LogP contribution < -0.4 is 10.6 Å². The number of rotatable bonds is 3. The summed E-state index contributed by atoms with van der Waals surface area (Å²) >= 11 is 5.57. The van der Waals surface area contributed by atoms with Gasteiger partial charge >= 0.3 is 6.18 Å². The fourth-order valence-corrected chi connectivity index (χ4v) is 1.73. The number of hydrogen-bond acceptors (Lipinski definition) is 4. The lowest BCUT2D eigenvalue weighted by Gasteiger charge is -2.15. The third-order valence-corrected chi connectivity index (χ3v) is 2.74. The molecule has 0 radical (unpaired) electrons. The summed E-state index contributed by atoms with van der Waals surface area (Å²) in [6, 6.07) is 3.12. The highest BCUT2D eigenvalue weighted by molar-refractivity contribution is 6.30. The maximum Gasteiger partial charge on any atom is 0.418 e. The Morgan fingerprint density at radius 1 is 1.24 bits per heavy atom. The standard InChI is InChI=1S/C12H9ClF4N4/c1-18-11-19-5-8(14)10(21-11)20-9-3-2-6(13)4-7(9)12(15,16)17/h2-5H,1H3,(H2,18,19,20,21). The zero-order valence-electron chi connectivity index (χ0n) is 10.6. The summed E-state index contributed by atoms with van der Waals surface area (Å²) < 4.78 is 52.4. The predicted octanol–water partition coefficient (Wildman–Crippen LogP) is 4.07. The molecule has 0 aliphatic carbocycles. The van der Waals surface area contributed by atoms with Crippen molar-refractivity contribution < 1.29 is 17.6 Å². The SMILES string of the molecule is CNc1ncc(F)c(Nc2ccc(Cl)cc2C(F)(F)F)n1. The van der Waals surface area contributed by atoms with Crippen molar-refractivity contribution in [3.8, 4) is 0 Å². The predicted molar refractivity (Wildman–Crippen MR) is 71.3 cm³/mol. The minimum absolute atomic E-state index is 0.0708. The maximum atomic E-state index is 13.6. The minimum Gasteiger partial charge on any atom is -0.357 e. The van der Waals surface area contributed by atoms with E-state index >= 15 is 0 Å². The number of benzene rings is 1. The highest BCUT2D eigenvalue weighted by atomic mass is 35.5. The van der Waals surface area contributed by atoms with E-state index in [1.807, 2.05) is 0 Å². The van der Waals surface area contributed by atoms with E-state index in [2.05, 4.69) is 20.6 Å². The number of nitrogens with zero attached hydrogens (tertiary/aromatic N) is 2. The van der Waals surface area contributed by atoms with Crippen LogP contribution in [0.1, 0.15) is 5.56 Å². The quantitative estimate of drug-likeness (QED) is 0.837. The molecule has 2 aromatic rings. The average molecular weight is 321 g/mol. The van der Waals surface area contributed by atoms with Gasteiger partial charge in [-0.3, -0.25) is 0 Å². The zero-order chi connectivity index (χ0) is 15.6. The molecule has 0 fully saturated rings. The molecule has 112 valence electrons. The van der Waals surface area contributed by atoms with E-state index in [0.717, 1.165) is 18.3 Å². The Bertz CT molecular complexity index is 660. The molecule has 0 atom stereocenters. The Hall–Kier alpha value is -2.09. The highest BCUT2D eigenvalue weighted by Gasteiger charge is 2.34. The van der Waals surface area contributed by atoms with Gasteiger partial charge in [-0.15, -0.1) is 0 Å². The van der Waals surface area contributed by atoms with Crippen LogP contribution in [0, 0.1) is 5.82 Å². The first-order valence-electron chi connectivity index (χ1n) is 5.65. The van der Waals surface area contributed by atoms with Gasteiger partial charge in [-0.2, -0.15) is 18.2 Å². The van der Waals surface area contributed by atoms with Crippen LogP contribution in [0.15, 0.2) is 24.4 Å². The van der Waals surface area contributed by atoms with Crippen LogP contribution in [-0.2, 0) is 6.18 Å². The van der Waals surface area contributed by atoms with Gasteiger partial charge in [0.1, 0.15) is 0 Å². The Kier molecular flexibility index (Phi) is 4.17. The summed E-state index contributed by atoms with van der Waals surface area (Å²) in [7, 11) is 1.50. The first-order chi connectivity index (χ1) is 9.81. The molecule has 0 aliphatic heterocycles. The lowest BCUT2D eigenvalue weighted by molar-refractivity contribution is -0.136. The Labute approximate surface area is 122 Å². The van der Waals surface area contributed by atoms with Crippen molar-refractivity contribution >= 4 is 29.1 Å². The third-order valence-electron chi connectivity index (χ3n) is 2.51. The van der Waals surface area contributed by atoms with Crippen LogP contribution >= 0.6 is 11.6 Å². The van der Waals surface area contributed by atoms with Gasteiger partial charge in [-0.1, -0.05) is 11.6 Å². The molecule has 0 spiro atoms. The normalized spacial score (nSPS) is 11.3. The molecule has 0 saturated heterocycles. The number of anilines is 3. The zero-order valence-corrected chi connectivity index (χ0v) is 11.3. The number of halogens is 5. The van der Waals surface area contributed by atoms with E-state index in [9.17, 15) is 17.6 Å². The number of hydrogen-bond donors (Lipinski definition) is 2. The molecule has 9 heteroatoms. The molecule has 0 aliphatic rings. The molecule has 0 amide bonds. The summed E-state index contributed by atoms with van der Waals surface area (Å²) in [6.45, 7) is 0. The minimum atomic E-state index is -4.64. The fourth-order valence-electron chi connectivity index (χ4n) is 1.56. The van der Waals surface area contributed by atoms with Gasteiger partial charge < -0.3 is 10.6 Å². The van der Waals surface area contributed by atoms with E-state index in [1.165, 1.54) is 13.1 Å². The fraction of sp³-hybridized carbons (Fsp3) is 0.167. The van der Waals surface area contributed by atoms with Crippen molar-refractivity contribution in [2.45, 2.75) is 6.18 Å². The second-order valence-corrected chi connectivity index (χ2v) is 4.39. The van der Waals surface area contributed by atoms with Crippen LogP contribution in [0.5, 0.6) is 0 Å². The van der Waals surface area contributed by atoms with Gasteiger partial charge in [0.15, 0.2) is 11.6 Å². The molecule has 1 aromatic carbocycles. The number of alkyl halides is 3. The molecule has 4 nitrogen and oxygen atoms in total. The summed E-state index contributed by atoms with van der Waals surface area (Å²) in [6.07, 6.45) is -3.78. The molecule has 2 rings (SSSR count). The monoisotopic (exact) mass is 320 g/mol. The third kappa shape index (κ3) is 3.52. The van der Waals surface area contributed by atoms with Crippen LogP contribution in [0.2, 0.25) is 5.02 Å². The van der Waals surface area contributed by atoms with Gasteiger partial charge in [0.05, 0.1) is 17.4 Å². The molecule has 1 aromatic heterocycles. The van der Waals surface area contributed by atoms with Gasteiger partial charge in [0.25, 0.3) is 0 Å². The molecular formula is C12H9ClF4N4. The van der Waals surface area contributed by atoms with Crippen LogP contribution in [-0.4, -0.2) is 17.0 Å². The highest BCUT2D eigenvalue weighted by Crippen LogP contribution is 2.37. The molecule has 0 unspecified atom stereocenters. The Morgan fingerprint density at radius 3 is 2.57 bits per heavy atom. The smallest absolute Gasteiger partial charge is 0.357 e. The lowest BCUT2D eigenvalue weighted by Crippen LogP contribution is -2.10. The van der Waals surface area contributed by atoms with Crippen LogP contribution in [0.4, 0.5) is 35.0 Å². The Balaban J connectivity index is 2.45. The van der Waals surface area contributed by atoms with E-state index in [-0.39, 0.29) is 22.5 Å². The van der Waals surface area contributed by atoms with Gasteiger partial charge in [-0.25, -0.2) is 9.37 Å². The second-order valence-electron chi connectivity index (χ2n) is 3.95. The second kappa shape index (κ2) is 5.72. The largest absolute Gasteiger partial charge is 0.418 e. The summed E-state index contributed by atoms with van der Waals surface area (Å²) in [4.78, 5) is 7.33. The first-order valence-corrected chi connectivity index (χ1v) is 6.03. The number of aromatic nitrogens is 2.